The van der Waals surface area contributed by atoms with Crippen LogP contribution in [-0.4, -0.2) is 34.1 Å². The van der Waals surface area contributed by atoms with Gasteiger partial charge >= 0.3 is 0 Å². The number of hydrogen-bond acceptors (Lipinski definition) is 5. The zero-order valence-corrected chi connectivity index (χ0v) is 19.4. The third kappa shape index (κ3) is 5.14. The lowest BCUT2D eigenvalue weighted by molar-refractivity contribution is -0.120. The summed E-state index contributed by atoms with van der Waals surface area (Å²) in [5.74, 6) is -0.239. The topological polar surface area (TPSA) is 84.9 Å². The number of amides is 1. The minimum absolute atomic E-state index is 0.0658. The van der Waals surface area contributed by atoms with E-state index in [0.29, 0.717) is 31.1 Å². The van der Waals surface area contributed by atoms with Crippen molar-refractivity contribution >= 4 is 21.6 Å². The minimum atomic E-state index is -4.19. The summed E-state index contributed by atoms with van der Waals surface area (Å²) >= 11 is 0. The van der Waals surface area contributed by atoms with E-state index in [2.05, 4.69) is 5.32 Å². The molecule has 3 aromatic rings. The van der Waals surface area contributed by atoms with Gasteiger partial charge in [0.15, 0.2) is 11.5 Å². The number of ether oxygens (including phenoxy) is 2. The molecule has 0 saturated heterocycles. The van der Waals surface area contributed by atoms with Gasteiger partial charge in [-0.2, -0.15) is 0 Å². The van der Waals surface area contributed by atoms with Crippen molar-refractivity contribution < 1.29 is 27.1 Å². The van der Waals surface area contributed by atoms with E-state index in [1.54, 1.807) is 0 Å². The molecule has 1 amide bonds. The highest BCUT2D eigenvalue weighted by atomic mass is 32.2. The summed E-state index contributed by atoms with van der Waals surface area (Å²) in [6.07, 6.45) is 0.626. The lowest BCUT2D eigenvalue weighted by Crippen LogP contribution is -2.42. The Labute approximate surface area is 198 Å². The molecular weight excluding hydrogens is 459 g/mol. The van der Waals surface area contributed by atoms with Crippen molar-refractivity contribution in [3.8, 4) is 11.5 Å². The van der Waals surface area contributed by atoms with E-state index in [4.69, 9.17) is 9.47 Å². The fourth-order valence-electron chi connectivity index (χ4n) is 3.71. The number of fused-ring (bicyclic) bond motifs is 1. The second kappa shape index (κ2) is 10.1. The average molecular weight is 485 g/mol. The maximum Gasteiger partial charge on any atom is 0.264 e. The van der Waals surface area contributed by atoms with Crippen LogP contribution in [0.25, 0.3) is 0 Å². The van der Waals surface area contributed by atoms with Crippen LogP contribution in [0, 0.1) is 5.82 Å². The third-order valence-corrected chi connectivity index (χ3v) is 7.22. The molecule has 1 aliphatic rings. The van der Waals surface area contributed by atoms with Crippen LogP contribution in [0.2, 0.25) is 0 Å². The van der Waals surface area contributed by atoms with Gasteiger partial charge < -0.3 is 14.8 Å². The zero-order chi connectivity index (χ0) is 24.1. The van der Waals surface area contributed by atoms with Crippen molar-refractivity contribution in [3.63, 3.8) is 0 Å². The zero-order valence-electron chi connectivity index (χ0n) is 18.6. The van der Waals surface area contributed by atoms with Crippen molar-refractivity contribution in [1.29, 1.82) is 0 Å². The van der Waals surface area contributed by atoms with Gasteiger partial charge in [-0.15, -0.1) is 0 Å². The number of hydrogen-bond donors (Lipinski definition) is 1. The molecular formula is C25H25FN2O5S. The molecule has 1 heterocycles. The van der Waals surface area contributed by atoms with E-state index in [0.717, 1.165) is 22.0 Å². The molecule has 0 radical (unpaired) electrons. The lowest BCUT2D eigenvalue weighted by atomic mass is 10.0. The van der Waals surface area contributed by atoms with Gasteiger partial charge in [0.05, 0.1) is 16.6 Å². The van der Waals surface area contributed by atoms with Gasteiger partial charge in [-0.1, -0.05) is 37.3 Å². The maximum absolute atomic E-state index is 13.6. The Morgan fingerprint density at radius 3 is 2.35 bits per heavy atom. The number of carbonyl (C=O) groups is 1. The monoisotopic (exact) mass is 484 g/mol. The van der Waals surface area contributed by atoms with Crippen molar-refractivity contribution in [2.45, 2.75) is 24.3 Å². The lowest BCUT2D eigenvalue weighted by Gasteiger charge is -2.26. The van der Waals surface area contributed by atoms with Crippen LogP contribution in [0.4, 0.5) is 10.1 Å². The van der Waals surface area contributed by atoms with Gasteiger partial charge in [-0.3, -0.25) is 9.10 Å². The number of carbonyl (C=O) groups excluding carboxylic acids is 1. The van der Waals surface area contributed by atoms with Gasteiger partial charge in [-0.25, -0.2) is 12.8 Å². The molecule has 1 aliphatic heterocycles. The molecule has 0 bridgehead atoms. The van der Waals surface area contributed by atoms with Crippen molar-refractivity contribution in [2.24, 2.45) is 0 Å². The van der Waals surface area contributed by atoms with Gasteiger partial charge in [-0.05, 0) is 48.4 Å². The molecule has 9 heteroatoms. The molecule has 0 unspecified atom stereocenters. The largest absolute Gasteiger partial charge is 0.486 e. The normalized spacial score (nSPS) is 13.7. The predicted molar refractivity (Wildman–Crippen MR) is 126 cm³/mol. The molecule has 178 valence electrons. The van der Waals surface area contributed by atoms with Crippen LogP contribution in [-0.2, 0) is 14.8 Å². The number of halogens is 1. The summed E-state index contributed by atoms with van der Waals surface area (Å²) in [7, 11) is -4.19. The summed E-state index contributed by atoms with van der Waals surface area (Å²) < 4.78 is 52.7. The highest BCUT2D eigenvalue weighted by Gasteiger charge is 2.29. The fraction of sp³-hybridized carbons (Fsp3) is 0.240. The van der Waals surface area contributed by atoms with E-state index in [-0.39, 0.29) is 16.6 Å². The van der Waals surface area contributed by atoms with E-state index < -0.39 is 28.3 Å². The molecule has 0 spiro atoms. The molecule has 1 atom stereocenters. The van der Waals surface area contributed by atoms with Crippen LogP contribution >= 0.6 is 0 Å². The first-order valence-electron chi connectivity index (χ1n) is 10.9. The average Bonchev–Trinajstić information content (AvgIpc) is 2.86. The number of benzene rings is 3. The van der Waals surface area contributed by atoms with Crippen LogP contribution in [0.5, 0.6) is 11.5 Å². The Balaban J connectivity index is 1.64. The first kappa shape index (κ1) is 23.6. The molecule has 0 saturated carbocycles. The van der Waals surface area contributed by atoms with Gasteiger partial charge in [0, 0.05) is 6.07 Å². The number of nitrogens with zero attached hydrogens (tertiary/aromatic N) is 1. The number of nitrogens with one attached hydrogen (secondary N) is 1. The van der Waals surface area contributed by atoms with Gasteiger partial charge in [0.1, 0.15) is 25.6 Å². The fourth-order valence-corrected chi connectivity index (χ4v) is 5.15. The second-order valence-electron chi connectivity index (χ2n) is 7.73. The summed E-state index contributed by atoms with van der Waals surface area (Å²) in [4.78, 5) is 12.9. The quantitative estimate of drug-likeness (QED) is 0.521. The highest BCUT2D eigenvalue weighted by molar-refractivity contribution is 7.92. The molecule has 3 aromatic carbocycles. The summed E-state index contributed by atoms with van der Waals surface area (Å²) in [6, 6.07) is 18.4. The number of sulfonamides is 1. The molecule has 4 rings (SSSR count). The predicted octanol–water partition coefficient (Wildman–Crippen LogP) is 4.06. The Morgan fingerprint density at radius 2 is 1.68 bits per heavy atom. The second-order valence-corrected chi connectivity index (χ2v) is 9.59. The number of rotatable bonds is 8. The minimum Gasteiger partial charge on any atom is -0.486 e. The SMILES string of the molecule is CC[C@H](NC(=O)CN(c1ccc(F)cc1)S(=O)(=O)c1ccc2c(c1)OCCO2)c1ccccc1. The van der Waals surface area contributed by atoms with Crippen molar-refractivity contribution in [1.82, 2.24) is 5.32 Å². The standard InChI is InChI=1S/C25H25FN2O5S/c1-2-22(18-6-4-3-5-7-18)27-25(29)17-28(20-10-8-19(26)9-11-20)34(30,31)21-12-13-23-24(16-21)33-15-14-32-23/h3-13,16,22H,2,14-15,17H2,1H3,(H,27,29)/t22-/m0/s1. The van der Waals surface area contributed by atoms with E-state index in [1.165, 1.54) is 30.3 Å². The summed E-state index contributed by atoms with van der Waals surface area (Å²) in [5, 5.41) is 2.90. The van der Waals surface area contributed by atoms with Crippen molar-refractivity contribution in [3.05, 3.63) is 84.2 Å². The van der Waals surface area contributed by atoms with Crippen molar-refractivity contribution in [2.75, 3.05) is 24.1 Å². The maximum atomic E-state index is 13.6. The first-order valence-corrected chi connectivity index (χ1v) is 12.3. The Hall–Kier alpha value is -3.59. The summed E-state index contributed by atoms with van der Waals surface area (Å²) in [5.41, 5.74) is 1.08. The van der Waals surface area contributed by atoms with Gasteiger partial charge in [0.25, 0.3) is 10.0 Å². The molecule has 0 aromatic heterocycles. The Bertz CT molecular complexity index is 1250. The Morgan fingerprint density at radius 1 is 1.00 bits per heavy atom. The molecule has 0 fully saturated rings. The van der Waals surface area contributed by atoms with Crippen LogP contribution in [0.15, 0.2) is 77.7 Å². The molecule has 0 aliphatic carbocycles. The number of anilines is 1. The van der Waals surface area contributed by atoms with Crippen LogP contribution < -0.4 is 19.1 Å². The Kier molecular flexibility index (Phi) is 7.02. The van der Waals surface area contributed by atoms with E-state index in [1.807, 2.05) is 37.3 Å². The smallest absolute Gasteiger partial charge is 0.264 e. The molecule has 1 N–H and O–H groups in total. The van der Waals surface area contributed by atoms with E-state index >= 15 is 0 Å². The van der Waals surface area contributed by atoms with Crippen LogP contribution in [0.1, 0.15) is 24.9 Å². The van der Waals surface area contributed by atoms with Gasteiger partial charge in [0.2, 0.25) is 5.91 Å². The third-order valence-electron chi connectivity index (χ3n) is 5.45. The first-order chi connectivity index (χ1) is 16.4. The highest BCUT2D eigenvalue weighted by Crippen LogP contribution is 2.34. The van der Waals surface area contributed by atoms with E-state index in [9.17, 15) is 17.6 Å². The summed E-state index contributed by atoms with van der Waals surface area (Å²) in [6.45, 7) is 2.13. The molecule has 7 nitrogen and oxygen atoms in total. The molecule has 34 heavy (non-hydrogen) atoms. The van der Waals surface area contributed by atoms with Crippen LogP contribution in [0.3, 0.4) is 0 Å².